The van der Waals surface area contributed by atoms with Crippen LogP contribution in [0.4, 0.5) is 0 Å². The molecule has 0 unspecified atom stereocenters. The number of aromatic nitrogens is 2. The number of likely N-dealkylation sites (N-methyl/N-ethyl adjacent to an activating group) is 1. The average molecular weight is 374 g/mol. The standard InChI is InChI=1S/C23H26N4O/c1-4-28-25-17(2)18-10-11-23-22(14-18)24-16-27(23)21-9-5-7-19(13-21)20-8-6-12-26(3)15-20/h5,7-11,13-14,16H,4,6,12,15H2,1-3H3/b25-17+. The zero-order chi connectivity index (χ0) is 19.5. The summed E-state index contributed by atoms with van der Waals surface area (Å²) in [5.41, 5.74) is 7.71. The minimum absolute atomic E-state index is 0.566. The summed E-state index contributed by atoms with van der Waals surface area (Å²) in [5.74, 6) is 0. The van der Waals surface area contributed by atoms with E-state index >= 15 is 0 Å². The normalized spacial score (nSPS) is 15.7. The Balaban J connectivity index is 1.68. The summed E-state index contributed by atoms with van der Waals surface area (Å²) in [7, 11) is 2.18. The SMILES string of the molecule is CCO/N=C(\C)c1ccc2c(c1)ncn2-c1cccc(C2=CCCN(C)C2)c1. The zero-order valence-electron chi connectivity index (χ0n) is 16.7. The predicted molar refractivity (Wildman–Crippen MR) is 115 cm³/mol. The van der Waals surface area contributed by atoms with Gasteiger partial charge >= 0.3 is 0 Å². The van der Waals surface area contributed by atoms with E-state index in [1.807, 2.05) is 20.2 Å². The summed E-state index contributed by atoms with van der Waals surface area (Å²) >= 11 is 0. The van der Waals surface area contributed by atoms with Gasteiger partial charge in [-0.2, -0.15) is 0 Å². The molecule has 0 aliphatic carbocycles. The quantitative estimate of drug-likeness (QED) is 0.488. The summed E-state index contributed by atoms with van der Waals surface area (Å²) < 4.78 is 2.14. The molecule has 0 radical (unpaired) electrons. The van der Waals surface area contributed by atoms with E-state index in [-0.39, 0.29) is 0 Å². The van der Waals surface area contributed by atoms with Crippen LogP contribution in [0.3, 0.4) is 0 Å². The first kappa shape index (κ1) is 18.4. The Kier molecular flexibility index (Phi) is 5.26. The molecule has 28 heavy (non-hydrogen) atoms. The van der Waals surface area contributed by atoms with Gasteiger partial charge in [-0.3, -0.25) is 4.57 Å². The number of imidazole rings is 1. The molecule has 0 N–H and O–H groups in total. The molecule has 1 aliphatic rings. The van der Waals surface area contributed by atoms with E-state index in [2.05, 4.69) is 75.2 Å². The first-order chi connectivity index (χ1) is 13.7. The van der Waals surface area contributed by atoms with Crippen molar-refractivity contribution in [1.29, 1.82) is 0 Å². The lowest BCUT2D eigenvalue weighted by molar-refractivity contribution is 0.159. The van der Waals surface area contributed by atoms with Crippen LogP contribution in [0.5, 0.6) is 0 Å². The Morgan fingerprint density at radius 1 is 1.21 bits per heavy atom. The van der Waals surface area contributed by atoms with Crippen LogP contribution in [0.25, 0.3) is 22.3 Å². The molecule has 5 nitrogen and oxygen atoms in total. The molecular weight excluding hydrogens is 348 g/mol. The largest absolute Gasteiger partial charge is 0.396 e. The molecule has 0 saturated heterocycles. The minimum atomic E-state index is 0.566. The van der Waals surface area contributed by atoms with Crippen LogP contribution in [0, 0.1) is 0 Å². The lowest BCUT2D eigenvalue weighted by Gasteiger charge is -2.23. The summed E-state index contributed by atoms with van der Waals surface area (Å²) in [6.07, 6.45) is 5.36. The fourth-order valence-electron chi connectivity index (χ4n) is 3.62. The maximum atomic E-state index is 5.17. The van der Waals surface area contributed by atoms with Crippen LogP contribution in [0.1, 0.15) is 31.4 Å². The maximum Gasteiger partial charge on any atom is 0.114 e. The van der Waals surface area contributed by atoms with Crippen molar-refractivity contribution in [2.45, 2.75) is 20.3 Å². The fourth-order valence-corrected chi connectivity index (χ4v) is 3.62. The van der Waals surface area contributed by atoms with E-state index in [1.165, 1.54) is 11.1 Å². The van der Waals surface area contributed by atoms with E-state index in [9.17, 15) is 0 Å². The van der Waals surface area contributed by atoms with E-state index in [4.69, 9.17) is 4.84 Å². The van der Waals surface area contributed by atoms with Crippen molar-refractivity contribution in [3.05, 3.63) is 66.0 Å². The molecule has 0 fully saturated rings. The molecule has 2 heterocycles. The van der Waals surface area contributed by atoms with Crippen LogP contribution in [0.2, 0.25) is 0 Å². The number of rotatable bonds is 5. The van der Waals surface area contributed by atoms with Gasteiger partial charge in [0.05, 0.1) is 16.7 Å². The molecule has 4 rings (SSSR count). The molecule has 0 saturated carbocycles. The molecule has 5 heteroatoms. The Morgan fingerprint density at radius 3 is 2.93 bits per heavy atom. The van der Waals surface area contributed by atoms with Crippen molar-refractivity contribution in [3.8, 4) is 5.69 Å². The number of oxime groups is 1. The van der Waals surface area contributed by atoms with Crippen LogP contribution >= 0.6 is 0 Å². The first-order valence-electron chi connectivity index (χ1n) is 9.78. The van der Waals surface area contributed by atoms with Crippen LogP contribution < -0.4 is 0 Å². The van der Waals surface area contributed by atoms with E-state index in [0.717, 1.165) is 47.5 Å². The van der Waals surface area contributed by atoms with Crippen molar-refractivity contribution in [2.75, 3.05) is 26.7 Å². The van der Waals surface area contributed by atoms with Crippen molar-refractivity contribution in [1.82, 2.24) is 14.5 Å². The second-order valence-electron chi connectivity index (χ2n) is 7.22. The molecule has 0 amide bonds. The summed E-state index contributed by atoms with van der Waals surface area (Å²) in [6, 6.07) is 14.9. The molecule has 0 spiro atoms. The van der Waals surface area contributed by atoms with Gasteiger partial charge in [-0.05, 0) is 62.7 Å². The van der Waals surface area contributed by atoms with E-state index in [1.54, 1.807) is 0 Å². The third kappa shape index (κ3) is 3.71. The average Bonchev–Trinajstić information content (AvgIpc) is 3.15. The molecular formula is C23H26N4O. The molecule has 1 aliphatic heterocycles. The highest BCUT2D eigenvalue weighted by Crippen LogP contribution is 2.25. The van der Waals surface area contributed by atoms with Gasteiger partial charge in [0.2, 0.25) is 0 Å². The van der Waals surface area contributed by atoms with Crippen molar-refractivity contribution < 1.29 is 4.84 Å². The van der Waals surface area contributed by atoms with Crippen LogP contribution in [-0.4, -0.2) is 46.9 Å². The Bertz CT molecular complexity index is 1050. The summed E-state index contributed by atoms with van der Waals surface area (Å²) in [6.45, 7) is 6.57. The second-order valence-corrected chi connectivity index (χ2v) is 7.22. The number of benzene rings is 2. The minimum Gasteiger partial charge on any atom is -0.396 e. The van der Waals surface area contributed by atoms with Crippen LogP contribution in [-0.2, 0) is 4.84 Å². The Morgan fingerprint density at radius 2 is 2.11 bits per heavy atom. The van der Waals surface area contributed by atoms with E-state index in [0.29, 0.717) is 6.61 Å². The lowest BCUT2D eigenvalue weighted by atomic mass is 10.0. The smallest absolute Gasteiger partial charge is 0.114 e. The molecule has 1 aromatic heterocycles. The summed E-state index contributed by atoms with van der Waals surface area (Å²) in [4.78, 5) is 12.1. The maximum absolute atomic E-state index is 5.17. The number of hydrogen-bond acceptors (Lipinski definition) is 4. The molecule has 144 valence electrons. The highest BCUT2D eigenvalue weighted by Gasteiger charge is 2.12. The highest BCUT2D eigenvalue weighted by molar-refractivity contribution is 6.01. The highest BCUT2D eigenvalue weighted by atomic mass is 16.6. The van der Waals surface area contributed by atoms with Gasteiger partial charge in [0, 0.05) is 24.3 Å². The summed E-state index contributed by atoms with van der Waals surface area (Å²) in [5, 5.41) is 4.13. The van der Waals surface area contributed by atoms with Crippen LogP contribution in [0.15, 0.2) is 60.0 Å². The van der Waals surface area contributed by atoms with Gasteiger partial charge in [-0.25, -0.2) is 4.98 Å². The second kappa shape index (κ2) is 7.98. The third-order valence-corrected chi connectivity index (χ3v) is 5.13. The van der Waals surface area contributed by atoms with Crippen molar-refractivity contribution >= 4 is 22.3 Å². The number of hydrogen-bond donors (Lipinski definition) is 0. The molecule has 0 bridgehead atoms. The monoisotopic (exact) mass is 374 g/mol. The fraction of sp³-hybridized carbons (Fsp3) is 0.304. The van der Waals surface area contributed by atoms with Crippen molar-refractivity contribution in [2.24, 2.45) is 5.16 Å². The first-order valence-corrected chi connectivity index (χ1v) is 9.78. The van der Waals surface area contributed by atoms with Gasteiger partial charge in [-0.15, -0.1) is 0 Å². The topological polar surface area (TPSA) is 42.7 Å². The Hall–Kier alpha value is -2.92. The number of fused-ring (bicyclic) bond motifs is 1. The molecule has 2 aromatic carbocycles. The lowest BCUT2D eigenvalue weighted by Crippen LogP contribution is -2.24. The van der Waals surface area contributed by atoms with Gasteiger partial charge in [0.1, 0.15) is 12.9 Å². The van der Waals surface area contributed by atoms with Gasteiger partial charge in [-0.1, -0.05) is 29.4 Å². The van der Waals surface area contributed by atoms with E-state index < -0.39 is 0 Å². The zero-order valence-corrected chi connectivity index (χ0v) is 16.7. The Labute approximate surface area is 165 Å². The number of nitrogens with zero attached hydrogens (tertiary/aromatic N) is 4. The van der Waals surface area contributed by atoms with Gasteiger partial charge in [0.25, 0.3) is 0 Å². The van der Waals surface area contributed by atoms with Gasteiger partial charge in [0.15, 0.2) is 0 Å². The predicted octanol–water partition coefficient (Wildman–Crippen LogP) is 4.50. The van der Waals surface area contributed by atoms with Crippen molar-refractivity contribution in [3.63, 3.8) is 0 Å². The third-order valence-electron chi connectivity index (χ3n) is 5.13. The van der Waals surface area contributed by atoms with Gasteiger partial charge < -0.3 is 9.74 Å². The molecule has 3 aromatic rings. The molecule has 0 atom stereocenters.